The van der Waals surface area contributed by atoms with Crippen LogP contribution in [0.4, 0.5) is 0 Å². The van der Waals surface area contributed by atoms with Gasteiger partial charge in [-0.2, -0.15) is 0 Å². The smallest absolute Gasteiger partial charge is 0.0201 e. The minimum absolute atomic E-state index is 0. The molecule has 0 unspecified atom stereocenters. The lowest BCUT2D eigenvalue weighted by atomic mass is 9.96. The first kappa shape index (κ1) is 19.1. The highest BCUT2D eigenvalue weighted by molar-refractivity contribution is 9.10. The Balaban J connectivity index is 0.00000192. The minimum Gasteiger partial charge on any atom is -0.309 e. The average Bonchev–Trinajstić information content (AvgIpc) is 2.47. The van der Waals surface area contributed by atoms with Gasteiger partial charge in [-0.25, -0.2) is 0 Å². The molecule has 0 fully saturated rings. The summed E-state index contributed by atoms with van der Waals surface area (Å²) < 4.78 is 2.26. The molecule has 0 aromatic heterocycles. The highest BCUT2D eigenvalue weighted by Gasteiger charge is 2.21. The van der Waals surface area contributed by atoms with Crippen molar-refractivity contribution in [1.29, 1.82) is 0 Å². The number of benzene rings is 2. The number of fused-ring (bicyclic) bond motifs is 2. The van der Waals surface area contributed by atoms with Crippen LogP contribution in [0, 0.1) is 0 Å². The van der Waals surface area contributed by atoms with Gasteiger partial charge in [0, 0.05) is 25.3 Å². The summed E-state index contributed by atoms with van der Waals surface area (Å²) in [4.78, 5) is 4.88. The van der Waals surface area contributed by atoms with E-state index in [1.165, 1.54) is 26.5 Å². The van der Waals surface area contributed by atoms with Crippen LogP contribution in [0.15, 0.2) is 61.2 Å². The lowest BCUT2D eigenvalue weighted by molar-refractivity contribution is 0.417. The van der Waals surface area contributed by atoms with Crippen LogP contribution in [-0.4, -0.2) is 25.5 Å². The molecular weight excluding hydrogens is 458 g/mol. The predicted octanol–water partition coefficient (Wildman–Crippen LogP) is 6.48. The fourth-order valence-electron chi connectivity index (χ4n) is 2.55. The van der Waals surface area contributed by atoms with Crippen LogP contribution in [-0.2, 0) is 0 Å². The number of hydrogen-bond acceptors (Lipinski definition) is 2. The lowest BCUT2D eigenvalue weighted by Crippen LogP contribution is -2.12. The number of rotatable bonds is 3. The van der Waals surface area contributed by atoms with Crippen molar-refractivity contribution in [1.82, 2.24) is 4.90 Å². The molecule has 0 amide bonds. The largest absolute Gasteiger partial charge is 0.309 e. The molecule has 1 heterocycles. The molecule has 0 radical (unpaired) electrons. The van der Waals surface area contributed by atoms with E-state index in [1.807, 2.05) is 11.8 Å². The minimum atomic E-state index is 0. The van der Waals surface area contributed by atoms with E-state index in [4.69, 9.17) is 0 Å². The first-order chi connectivity index (χ1) is 10.5. The van der Waals surface area contributed by atoms with Crippen LogP contribution in [0.2, 0.25) is 0 Å². The van der Waals surface area contributed by atoms with E-state index in [0.717, 1.165) is 21.9 Å². The van der Waals surface area contributed by atoms with E-state index in [0.29, 0.717) is 0 Å². The molecule has 1 aliphatic rings. The standard InChI is InChI=1S/C18H17Br2NS.ClH/c1-21(2)9-3-4-14-15-10-12(19)5-7-17(15)22-18-8-6-13(20)11-16(14)18;/h4-8,10-11H,3,9H2,1-2H3;1H. The maximum atomic E-state index is 3.61. The second kappa shape index (κ2) is 8.21. The van der Waals surface area contributed by atoms with Gasteiger partial charge < -0.3 is 4.90 Å². The third kappa shape index (κ3) is 4.43. The first-order valence-corrected chi connectivity index (χ1v) is 9.57. The SMILES string of the molecule is CN(C)CCC=C1c2cc(Br)ccc2Sc2ccc(Br)cc21.Cl. The molecule has 3 rings (SSSR count). The summed E-state index contributed by atoms with van der Waals surface area (Å²) >= 11 is 9.07. The summed E-state index contributed by atoms with van der Waals surface area (Å²) in [6.07, 6.45) is 3.42. The Morgan fingerprint density at radius 1 is 0.957 bits per heavy atom. The molecule has 0 spiro atoms. The highest BCUT2D eigenvalue weighted by Crippen LogP contribution is 2.46. The van der Waals surface area contributed by atoms with Gasteiger partial charge in [0.15, 0.2) is 0 Å². The van der Waals surface area contributed by atoms with Gasteiger partial charge >= 0.3 is 0 Å². The molecule has 0 N–H and O–H groups in total. The fraction of sp³-hybridized carbons (Fsp3) is 0.222. The van der Waals surface area contributed by atoms with Crippen molar-refractivity contribution in [3.05, 3.63) is 62.5 Å². The summed E-state index contributed by atoms with van der Waals surface area (Å²) in [5, 5.41) is 0. The molecule has 1 aliphatic heterocycles. The molecule has 5 heteroatoms. The van der Waals surface area contributed by atoms with Gasteiger partial charge in [-0.1, -0.05) is 49.7 Å². The third-order valence-corrected chi connectivity index (χ3v) is 5.75. The van der Waals surface area contributed by atoms with Crippen molar-refractivity contribution in [2.45, 2.75) is 16.2 Å². The molecule has 0 bridgehead atoms. The molecule has 122 valence electrons. The normalized spacial score (nSPS) is 12.5. The Labute approximate surface area is 165 Å². The third-order valence-electron chi connectivity index (χ3n) is 3.61. The quantitative estimate of drug-likeness (QED) is 0.426. The number of hydrogen-bond donors (Lipinski definition) is 0. The van der Waals surface area contributed by atoms with Crippen molar-refractivity contribution < 1.29 is 0 Å². The molecular formula is C18H18Br2ClNS. The Hall–Kier alpha value is -0.260. The van der Waals surface area contributed by atoms with Gasteiger partial charge in [-0.3, -0.25) is 0 Å². The van der Waals surface area contributed by atoms with E-state index in [2.05, 4.69) is 93.3 Å². The van der Waals surface area contributed by atoms with Gasteiger partial charge in [-0.05, 0) is 73.6 Å². The van der Waals surface area contributed by atoms with Gasteiger partial charge in [-0.15, -0.1) is 12.4 Å². The summed E-state index contributed by atoms with van der Waals surface area (Å²) in [6.45, 7) is 1.06. The van der Waals surface area contributed by atoms with E-state index in [-0.39, 0.29) is 12.4 Å². The number of nitrogens with zero attached hydrogens (tertiary/aromatic N) is 1. The fourth-order valence-corrected chi connectivity index (χ4v) is 4.34. The predicted molar refractivity (Wildman–Crippen MR) is 110 cm³/mol. The van der Waals surface area contributed by atoms with E-state index >= 15 is 0 Å². The first-order valence-electron chi connectivity index (χ1n) is 7.17. The zero-order valence-electron chi connectivity index (χ0n) is 13.0. The van der Waals surface area contributed by atoms with E-state index in [9.17, 15) is 0 Å². The molecule has 0 atom stereocenters. The molecule has 23 heavy (non-hydrogen) atoms. The Kier molecular flexibility index (Phi) is 6.81. The van der Waals surface area contributed by atoms with Crippen LogP contribution in [0.5, 0.6) is 0 Å². The highest BCUT2D eigenvalue weighted by atomic mass is 79.9. The summed E-state index contributed by atoms with van der Waals surface area (Å²) in [7, 11) is 4.23. The van der Waals surface area contributed by atoms with Crippen molar-refractivity contribution in [3.63, 3.8) is 0 Å². The Morgan fingerprint density at radius 2 is 1.48 bits per heavy atom. The van der Waals surface area contributed by atoms with Crippen molar-refractivity contribution in [2.24, 2.45) is 0 Å². The van der Waals surface area contributed by atoms with Crippen LogP contribution in [0.1, 0.15) is 17.5 Å². The average molecular weight is 476 g/mol. The topological polar surface area (TPSA) is 3.24 Å². The summed E-state index contributed by atoms with van der Waals surface area (Å²) in [5.74, 6) is 0. The summed E-state index contributed by atoms with van der Waals surface area (Å²) in [6, 6.07) is 13.1. The van der Waals surface area contributed by atoms with Crippen molar-refractivity contribution in [3.8, 4) is 0 Å². The molecule has 2 aromatic carbocycles. The van der Waals surface area contributed by atoms with Gasteiger partial charge in [0.2, 0.25) is 0 Å². The maximum Gasteiger partial charge on any atom is 0.0201 e. The Morgan fingerprint density at radius 3 is 1.96 bits per heavy atom. The molecule has 0 saturated heterocycles. The van der Waals surface area contributed by atoms with E-state index < -0.39 is 0 Å². The molecule has 2 aromatic rings. The number of halogens is 3. The monoisotopic (exact) mass is 473 g/mol. The zero-order chi connectivity index (χ0) is 15.7. The zero-order valence-corrected chi connectivity index (χ0v) is 17.8. The van der Waals surface area contributed by atoms with Crippen LogP contribution >= 0.6 is 56.0 Å². The van der Waals surface area contributed by atoms with Gasteiger partial charge in [0.25, 0.3) is 0 Å². The second-order valence-electron chi connectivity index (χ2n) is 5.59. The van der Waals surface area contributed by atoms with E-state index in [1.54, 1.807) is 0 Å². The molecule has 1 nitrogen and oxygen atoms in total. The molecule has 0 aliphatic carbocycles. The van der Waals surface area contributed by atoms with Crippen molar-refractivity contribution in [2.75, 3.05) is 20.6 Å². The lowest BCUT2D eigenvalue weighted by Gasteiger charge is -2.23. The second-order valence-corrected chi connectivity index (χ2v) is 8.51. The van der Waals surface area contributed by atoms with Crippen LogP contribution < -0.4 is 0 Å². The summed E-state index contributed by atoms with van der Waals surface area (Å²) in [5.41, 5.74) is 3.99. The maximum absolute atomic E-state index is 3.61. The Bertz CT molecular complexity index is 690. The molecule has 0 saturated carbocycles. The van der Waals surface area contributed by atoms with Crippen LogP contribution in [0.25, 0.3) is 5.57 Å². The van der Waals surface area contributed by atoms with Crippen molar-refractivity contribution >= 4 is 61.6 Å². The van der Waals surface area contributed by atoms with Crippen LogP contribution in [0.3, 0.4) is 0 Å². The van der Waals surface area contributed by atoms with Gasteiger partial charge in [0.05, 0.1) is 0 Å². The van der Waals surface area contributed by atoms with Gasteiger partial charge in [0.1, 0.15) is 0 Å².